The lowest BCUT2D eigenvalue weighted by molar-refractivity contribution is -0.160. The van der Waals surface area contributed by atoms with Gasteiger partial charge in [-0.3, -0.25) is 0 Å². The van der Waals surface area contributed by atoms with Crippen molar-refractivity contribution in [1.29, 1.82) is 0 Å². The van der Waals surface area contributed by atoms with Crippen molar-refractivity contribution in [3.63, 3.8) is 0 Å². The van der Waals surface area contributed by atoms with Crippen molar-refractivity contribution in [3.05, 3.63) is 64.3 Å². The molecular weight excluding hydrogens is 628 g/mol. The average Bonchev–Trinajstić information content (AvgIpc) is 3.44. The number of benzene rings is 2. The summed E-state index contributed by atoms with van der Waals surface area (Å²) in [7, 11) is 0. The first-order chi connectivity index (χ1) is 22.7. The summed E-state index contributed by atoms with van der Waals surface area (Å²) in [5.74, 6) is 0.428. The Bertz CT molecular complexity index is 1820. The third kappa shape index (κ3) is 7.05. The number of fused-ring (bicyclic) bond motifs is 8. The Hall–Kier alpha value is -3.66. The van der Waals surface area contributed by atoms with E-state index in [2.05, 4.69) is 30.9 Å². The molecule has 5 heterocycles. The van der Waals surface area contributed by atoms with Gasteiger partial charge in [0, 0.05) is 47.6 Å². The summed E-state index contributed by atoms with van der Waals surface area (Å²) in [4.78, 5) is 20.0. The van der Waals surface area contributed by atoms with Crippen molar-refractivity contribution in [2.24, 2.45) is 0 Å². The molecule has 1 N–H and O–H groups in total. The van der Waals surface area contributed by atoms with Crippen molar-refractivity contribution in [3.8, 4) is 28.1 Å². The number of halogens is 1. The summed E-state index contributed by atoms with van der Waals surface area (Å²) < 4.78 is 21.1. The largest absolute Gasteiger partial charge is 0.490 e. The molecule has 0 amide bonds. The summed E-state index contributed by atoms with van der Waals surface area (Å²) >= 11 is 6.66. The molecule has 2 atom stereocenters. The predicted octanol–water partition coefficient (Wildman–Crippen LogP) is 8.60. The van der Waals surface area contributed by atoms with Gasteiger partial charge in [0.2, 0.25) is 0 Å². The second kappa shape index (κ2) is 13.3. The number of carboxylic acid groups (broad SMARTS) is 1. The Kier molecular flexibility index (Phi) is 9.50. The summed E-state index contributed by atoms with van der Waals surface area (Å²) in [5, 5.41) is 16.3. The van der Waals surface area contributed by atoms with Gasteiger partial charge < -0.3 is 24.2 Å². The molecular formula is C38H47ClN4O5. The van der Waals surface area contributed by atoms with Crippen molar-refractivity contribution < 1.29 is 24.1 Å². The molecule has 3 aliphatic heterocycles. The SMILES string of the molecule is Cc1nc2cc3nn2c(c1[C@H](OC(C)(C)C)C(=O)O)N1CCC(C)(CC1)OCCCC[C@@H](C)Oc1ccc(Cl)c(C)c1-c1cccc-3c1. The number of hydrogen-bond donors (Lipinski definition) is 1. The molecule has 6 bridgehead atoms. The van der Waals surface area contributed by atoms with Gasteiger partial charge in [0.05, 0.1) is 28.6 Å². The molecule has 2 aromatic heterocycles. The Balaban J connectivity index is 1.55. The normalized spacial score (nSPS) is 21.2. The van der Waals surface area contributed by atoms with E-state index in [-0.39, 0.29) is 11.7 Å². The van der Waals surface area contributed by atoms with Gasteiger partial charge >= 0.3 is 5.97 Å². The highest BCUT2D eigenvalue weighted by atomic mass is 35.5. The van der Waals surface area contributed by atoms with E-state index in [1.165, 1.54) is 0 Å². The number of carbonyl (C=O) groups is 1. The monoisotopic (exact) mass is 674 g/mol. The topological polar surface area (TPSA) is 98.4 Å². The fourth-order valence-electron chi connectivity index (χ4n) is 6.87. The molecule has 3 aliphatic rings. The van der Waals surface area contributed by atoms with Crippen LogP contribution < -0.4 is 9.64 Å². The molecule has 7 rings (SSSR count). The summed E-state index contributed by atoms with van der Waals surface area (Å²) in [6.45, 7) is 15.8. The number of aryl methyl sites for hydroxylation is 1. The van der Waals surface area contributed by atoms with Gasteiger partial charge in [0.15, 0.2) is 11.8 Å². The third-order valence-electron chi connectivity index (χ3n) is 9.47. The van der Waals surface area contributed by atoms with Crippen LogP contribution in [-0.2, 0) is 14.3 Å². The van der Waals surface area contributed by atoms with E-state index in [0.717, 1.165) is 65.8 Å². The number of aromatic nitrogens is 3. The number of ether oxygens (including phenoxy) is 3. The minimum Gasteiger partial charge on any atom is -0.490 e. The van der Waals surface area contributed by atoms with Crippen LogP contribution in [0.3, 0.4) is 0 Å². The molecule has 0 aliphatic carbocycles. The summed E-state index contributed by atoms with van der Waals surface area (Å²) in [5.41, 5.74) is 5.27. The molecule has 1 fully saturated rings. The highest BCUT2D eigenvalue weighted by Crippen LogP contribution is 2.41. The van der Waals surface area contributed by atoms with Crippen molar-refractivity contribution in [2.75, 3.05) is 24.6 Å². The second-order valence-corrected chi connectivity index (χ2v) is 14.9. The third-order valence-corrected chi connectivity index (χ3v) is 9.88. The Labute approximate surface area is 288 Å². The lowest BCUT2D eigenvalue weighted by Crippen LogP contribution is -2.46. The smallest absolute Gasteiger partial charge is 0.337 e. The van der Waals surface area contributed by atoms with Crippen LogP contribution >= 0.6 is 11.6 Å². The maximum atomic E-state index is 12.8. The fraction of sp³-hybridized carbons (Fsp3) is 0.500. The minimum absolute atomic E-state index is 0.0224. The Morgan fingerprint density at radius 1 is 1.10 bits per heavy atom. The number of carboxylic acids is 1. The van der Waals surface area contributed by atoms with Crippen LogP contribution in [0.4, 0.5) is 5.82 Å². The van der Waals surface area contributed by atoms with Crippen LogP contribution in [0.1, 0.15) is 89.6 Å². The van der Waals surface area contributed by atoms with Gasteiger partial charge in [0.25, 0.3) is 0 Å². The van der Waals surface area contributed by atoms with Crippen molar-refractivity contribution >= 4 is 29.0 Å². The van der Waals surface area contributed by atoms with E-state index in [1.54, 1.807) is 4.52 Å². The summed E-state index contributed by atoms with van der Waals surface area (Å²) in [6.07, 6.45) is 3.22. The van der Waals surface area contributed by atoms with Crippen LogP contribution in [0.15, 0.2) is 42.5 Å². The Morgan fingerprint density at radius 3 is 2.54 bits per heavy atom. The minimum atomic E-state index is -1.23. The molecule has 9 nitrogen and oxygen atoms in total. The molecule has 4 aromatic rings. The van der Waals surface area contributed by atoms with Gasteiger partial charge in [-0.25, -0.2) is 9.78 Å². The van der Waals surface area contributed by atoms with E-state index in [1.807, 2.05) is 65.0 Å². The zero-order valence-corrected chi connectivity index (χ0v) is 29.9. The van der Waals surface area contributed by atoms with Gasteiger partial charge in [-0.05, 0) is 110 Å². The molecule has 48 heavy (non-hydrogen) atoms. The first-order valence-electron chi connectivity index (χ1n) is 17.0. The van der Waals surface area contributed by atoms with E-state index < -0.39 is 17.7 Å². The molecule has 0 radical (unpaired) electrons. The summed E-state index contributed by atoms with van der Waals surface area (Å²) in [6, 6.07) is 14.0. The predicted molar refractivity (Wildman–Crippen MR) is 189 cm³/mol. The maximum absolute atomic E-state index is 12.8. The van der Waals surface area contributed by atoms with E-state index in [0.29, 0.717) is 47.4 Å². The van der Waals surface area contributed by atoms with Gasteiger partial charge in [-0.1, -0.05) is 29.8 Å². The molecule has 1 saturated heterocycles. The number of nitrogens with zero attached hydrogens (tertiary/aromatic N) is 4. The van der Waals surface area contributed by atoms with Crippen LogP contribution in [0.5, 0.6) is 5.75 Å². The van der Waals surface area contributed by atoms with Gasteiger partial charge in [0.1, 0.15) is 11.6 Å². The molecule has 0 unspecified atom stereocenters. The molecule has 256 valence electrons. The van der Waals surface area contributed by atoms with Gasteiger partial charge in [-0.15, -0.1) is 0 Å². The first kappa shape index (κ1) is 34.2. The van der Waals surface area contributed by atoms with Crippen molar-refractivity contribution in [1.82, 2.24) is 14.6 Å². The van der Waals surface area contributed by atoms with Gasteiger partial charge in [-0.2, -0.15) is 9.61 Å². The molecule has 0 saturated carbocycles. The highest BCUT2D eigenvalue weighted by molar-refractivity contribution is 6.31. The van der Waals surface area contributed by atoms with E-state index >= 15 is 0 Å². The lowest BCUT2D eigenvalue weighted by atomic mass is 9.92. The zero-order chi connectivity index (χ0) is 34.4. The number of hydrogen-bond acceptors (Lipinski definition) is 7. The van der Waals surface area contributed by atoms with Crippen LogP contribution in [0.25, 0.3) is 28.0 Å². The maximum Gasteiger partial charge on any atom is 0.337 e. The zero-order valence-electron chi connectivity index (χ0n) is 29.1. The Morgan fingerprint density at radius 2 is 1.83 bits per heavy atom. The average molecular weight is 675 g/mol. The van der Waals surface area contributed by atoms with Crippen LogP contribution in [0.2, 0.25) is 5.02 Å². The highest BCUT2D eigenvalue weighted by Gasteiger charge is 2.38. The number of rotatable bonds is 3. The number of piperidine rings is 1. The second-order valence-electron chi connectivity index (χ2n) is 14.5. The first-order valence-corrected chi connectivity index (χ1v) is 17.4. The molecule has 0 spiro atoms. The van der Waals surface area contributed by atoms with E-state index in [9.17, 15) is 9.90 Å². The number of aliphatic carboxylic acids is 1. The van der Waals surface area contributed by atoms with Crippen molar-refractivity contribution in [2.45, 2.75) is 104 Å². The quantitative estimate of drug-likeness (QED) is 0.231. The number of anilines is 1. The molecule has 10 heteroatoms. The van der Waals surface area contributed by atoms with Crippen LogP contribution in [0, 0.1) is 13.8 Å². The standard InChI is InChI=1S/C38H47ClN4O5/c1-23-11-8-9-20-46-38(7)16-18-42(19-17-38)35-33(34(36(44)45)48-37(4,5)6)25(3)40-31-22-29(41-43(31)35)26-12-10-13-27(21-26)32-24(2)28(39)14-15-30(32)47-23/h10,12-15,21-23,34H,8-9,11,16-20H2,1-7H3,(H,44,45)/t23-,34+/m1/s1. The van der Waals surface area contributed by atoms with E-state index in [4.69, 9.17) is 35.9 Å². The fourth-order valence-corrected chi connectivity index (χ4v) is 7.03. The van der Waals surface area contributed by atoms with Crippen LogP contribution in [-0.4, -0.2) is 62.7 Å². The molecule has 2 aromatic carbocycles. The lowest BCUT2D eigenvalue weighted by Gasteiger charge is -2.41.